The minimum absolute atomic E-state index is 0.0362. The molecule has 2 aromatic carbocycles. The van der Waals surface area contributed by atoms with Gasteiger partial charge in [0.05, 0.1) is 16.8 Å². The maximum absolute atomic E-state index is 6.27. The average Bonchev–Trinajstić information content (AvgIpc) is 2.56. The minimum atomic E-state index is 0.0362. The lowest BCUT2D eigenvalue weighted by Gasteiger charge is -2.21. The van der Waals surface area contributed by atoms with Crippen molar-refractivity contribution in [3.05, 3.63) is 95.3 Å². The van der Waals surface area contributed by atoms with Gasteiger partial charge in [0.15, 0.2) is 0 Å². The number of nitrogens with one attached hydrogen (secondary N) is 1. The molecule has 1 N–H and O–H groups in total. The van der Waals surface area contributed by atoms with Crippen LogP contribution in [-0.4, -0.2) is 4.98 Å². The number of hydrogen-bond acceptors (Lipinski definition) is 2. The topological polar surface area (TPSA) is 24.9 Å². The molecule has 1 aromatic heterocycles. The summed E-state index contributed by atoms with van der Waals surface area (Å²) in [5, 5.41) is 4.24. The molecular formula is C18H15ClN2. The molecule has 0 radical (unpaired) electrons. The fourth-order valence-corrected chi connectivity index (χ4v) is 2.48. The predicted octanol–water partition coefficient (Wildman–Crippen LogP) is 4.94. The molecular weight excluding hydrogens is 280 g/mol. The van der Waals surface area contributed by atoms with Crippen LogP contribution in [0.5, 0.6) is 0 Å². The summed E-state index contributed by atoms with van der Waals surface area (Å²) in [7, 11) is 0. The Kier molecular flexibility index (Phi) is 4.17. The van der Waals surface area contributed by atoms with E-state index in [2.05, 4.69) is 22.4 Å². The summed E-state index contributed by atoms with van der Waals surface area (Å²) in [6.45, 7) is 0. The monoisotopic (exact) mass is 294 g/mol. The van der Waals surface area contributed by atoms with E-state index in [9.17, 15) is 0 Å². The summed E-state index contributed by atoms with van der Waals surface area (Å²) >= 11 is 6.27. The molecule has 0 spiro atoms. The molecule has 3 rings (SSSR count). The largest absolute Gasteiger partial charge is 0.373 e. The van der Waals surface area contributed by atoms with Crippen LogP contribution in [0.3, 0.4) is 0 Å². The summed E-state index contributed by atoms with van der Waals surface area (Å²) in [5.41, 5.74) is 3.25. The Labute approximate surface area is 129 Å². The Morgan fingerprint density at radius 3 is 2.10 bits per heavy atom. The third-order valence-electron chi connectivity index (χ3n) is 3.35. The number of benzene rings is 2. The van der Waals surface area contributed by atoms with Gasteiger partial charge in [-0.1, -0.05) is 54.1 Å². The van der Waals surface area contributed by atoms with Crippen molar-refractivity contribution in [2.45, 2.75) is 6.04 Å². The van der Waals surface area contributed by atoms with Crippen molar-refractivity contribution in [1.29, 1.82) is 0 Å². The fourth-order valence-electron chi connectivity index (χ4n) is 2.29. The highest BCUT2D eigenvalue weighted by atomic mass is 35.5. The molecule has 0 saturated heterocycles. The highest BCUT2D eigenvalue weighted by Crippen LogP contribution is 2.29. The SMILES string of the molecule is Clc1ccccc1NC(c1ccccc1)c1ccncc1. The molecule has 0 fully saturated rings. The van der Waals surface area contributed by atoms with Crippen LogP contribution < -0.4 is 5.32 Å². The second-order valence-corrected chi connectivity index (χ2v) is 5.16. The summed E-state index contributed by atoms with van der Waals surface area (Å²) in [6, 6.07) is 22.2. The van der Waals surface area contributed by atoms with Crippen LogP contribution in [0.1, 0.15) is 17.2 Å². The van der Waals surface area contributed by atoms with Crippen LogP contribution in [0.15, 0.2) is 79.1 Å². The highest BCUT2D eigenvalue weighted by molar-refractivity contribution is 6.33. The van der Waals surface area contributed by atoms with Crippen LogP contribution in [0.25, 0.3) is 0 Å². The molecule has 0 aliphatic heterocycles. The van der Waals surface area contributed by atoms with Gasteiger partial charge in [-0.05, 0) is 35.4 Å². The summed E-state index contributed by atoms with van der Waals surface area (Å²) in [4.78, 5) is 4.09. The summed E-state index contributed by atoms with van der Waals surface area (Å²) < 4.78 is 0. The molecule has 1 heterocycles. The number of para-hydroxylation sites is 1. The standard InChI is InChI=1S/C18H15ClN2/c19-16-8-4-5-9-17(16)21-18(14-6-2-1-3-7-14)15-10-12-20-13-11-15/h1-13,18,21H. The van der Waals surface area contributed by atoms with E-state index in [4.69, 9.17) is 11.6 Å². The molecule has 0 saturated carbocycles. The van der Waals surface area contributed by atoms with Crippen molar-refractivity contribution in [1.82, 2.24) is 4.98 Å². The van der Waals surface area contributed by atoms with E-state index in [1.165, 1.54) is 5.56 Å². The maximum Gasteiger partial charge on any atom is 0.0769 e. The number of hydrogen-bond donors (Lipinski definition) is 1. The van der Waals surface area contributed by atoms with E-state index in [1.807, 2.05) is 54.6 Å². The molecule has 0 bridgehead atoms. The quantitative estimate of drug-likeness (QED) is 0.737. The van der Waals surface area contributed by atoms with Gasteiger partial charge in [-0.2, -0.15) is 0 Å². The molecule has 0 aliphatic carbocycles. The van der Waals surface area contributed by atoms with E-state index in [-0.39, 0.29) is 6.04 Å². The Balaban J connectivity index is 1.99. The fraction of sp³-hybridized carbons (Fsp3) is 0.0556. The zero-order valence-corrected chi connectivity index (χ0v) is 12.2. The smallest absolute Gasteiger partial charge is 0.0769 e. The number of rotatable bonds is 4. The molecule has 0 aliphatic rings. The van der Waals surface area contributed by atoms with Crippen LogP contribution >= 0.6 is 11.6 Å². The zero-order valence-electron chi connectivity index (χ0n) is 11.4. The van der Waals surface area contributed by atoms with Crippen LogP contribution in [0, 0.1) is 0 Å². The van der Waals surface area contributed by atoms with Crippen molar-refractivity contribution >= 4 is 17.3 Å². The Morgan fingerprint density at radius 1 is 0.762 bits per heavy atom. The van der Waals surface area contributed by atoms with E-state index in [0.717, 1.165) is 11.3 Å². The third-order valence-corrected chi connectivity index (χ3v) is 3.68. The van der Waals surface area contributed by atoms with Gasteiger partial charge in [-0.15, -0.1) is 0 Å². The number of nitrogens with zero attached hydrogens (tertiary/aromatic N) is 1. The maximum atomic E-state index is 6.27. The van der Waals surface area contributed by atoms with Crippen molar-refractivity contribution in [2.24, 2.45) is 0 Å². The highest BCUT2D eigenvalue weighted by Gasteiger charge is 2.14. The Morgan fingerprint density at radius 2 is 1.38 bits per heavy atom. The third kappa shape index (κ3) is 3.23. The molecule has 104 valence electrons. The Bertz CT molecular complexity index is 659. The van der Waals surface area contributed by atoms with Gasteiger partial charge >= 0.3 is 0 Å². The van der Waals surface area contributed by atoms with Crippen LogP contribution in [-0.2, 0) is 0 Å². The lowest BCUT2D eigenvalue weighted by atomic mass is 9.99. The molecule has 21 heavy (non-hydrogen) atoms. The number of halogens is 1. The van der Waals surface area contributed by atoms with Gasteiger partial charge in [0.1, 0.15) is 0 Å². The number of aromatic nitrogens is 1. The van der Waals surface area contributed by atoms with Gasteiger partial charge in [0.25, 0.3) is 0 Å². The van der Waals surface area contributed by atoms with Crippen molar-refractivity contribution in [2.75, 3.05) is 5.32 Å². The first-order valence-corrected chi connectivity index (χ1v) is 7.18. The van der Waals surface area contributed by atoms with Crippen molar-refractivity contribution in [3.8, 4) is 0 Å². The van der Waals surface area contributed by atoms with Gasteiger partial charge < -0.3 is 5.32 Å². The van der Waals surface area contributed by atoms with E-state index in [1.54, 1.807) is 12.4 Å². The molecule has 3 heteroatoms. The summed E-state index contributed by atoms with van der Waals surface area (Å²) in [6.07, 6.45) is 3.61. The predicted molar refractivity (Wildman–Crippen MR) is 87.6 cm³/mol. The molecule has 0 amide bonds. The second kappa shape index (κ2) is 6.42. The first kappa shape index (κ1) is 13.7. The number of pyridine rings is 1. The van der Waals surface area contributed by atoms with Gasteiger partial charge in [0, 0.05) is 12.4 Å². The van der Waals surface area contributed by atoms with Gasteiger partial charge in [0.2, 0.25) is 0 Å². The lowest BCUT2D eigenvalue weighted by molar-refractivity contribution is 0.934. The van der Waals surface area contributed by atoms with E-state index >= 15 is 0 Å². The Hall–Kier alpha value is -2.32. The second-order valence-electron chi connectivity index (χ2n) is 4.75. The first-order valence-electron chi connectivity index (χ1n) is 6.80. The van der Waals surface area contributed by atoms with Gasteiger partial charge in [-0.3, -0.25) is 4.98 Å². The molecule has 2 nitrogen and oxygen atoms in total. The number of anilines is 1. The molecule has 3 aromatic rings. The van der Waals surface area contributed by atoms with Gasteiger partial charge in [-0.25, -0.2) is 0 Å². The molecule has 1 atom stereocenters. The average molecular weight is 295 g/mol. The van der Waals surface area contributed by atoms with Crippen molar-refractivity contribution in [3.63, 3.8) is 0 Å². The van der Waals surface area contributed by atoms with Crippen LogP contribution in [0.2, 0.25) is 5.02 Å². The van der Waals surface area contributed by atoms with Crippen LogP contribution in [0.4, 0.5) is 5.69 Å². The lowest BCUT2D eigenvalue weighted by Crippen LogP contribution is -2.12. The van der Waals surface area contributed by atoms with E-state index < -0.39 is 0 Å². The summed E-state index contributed by atoms with van der Waals surface area (Å²) in [5.74, 6) is 0. The molecule has 1 unspecified atom stereocenters. The zero-order chi connectivity index (χ0) is 14.5. The normalized spacial score (nSPS) is 11.9. The first-order chi connectivity index (χ1) is 10.3. The van der Waals surface area contributed by atoms with Crippen molar-refractivity contribution < 1.29 is 0 Å². The minimum Gasteiger partial charge on any atom is -0.373 e. The van der Waals surface area contributed by atoms with E-state index in [0.29, 0.717) is 5.02 Å².